The molecule has 0 aliphatic carbocycles. The first kappa shape index (κ1) is 39.3. The molecule has 4 heterocycles. The molecule has 0 saturated carbocycles. The van der Waals surface area contributed by atoms with Gasteiger partial charge in [-0.15, -0.1) is 0 Å². The highest BCUT2D eigenvalue weighted by Gasteiger charge is 2.18. The van der Waals surface area contributed by atoms with E-state index in [-0.39, 0.29) is 0 Å². The average molecular weight is 847 g/mol. The van der Waals surface area contributed by atoms with Crippen LogP contribution in [0.5, 0.6) is 0 Å². The van der Waals surface area contributed by atoms with E-state index in [4.69, 9.17) is 9.97 Å². The van der Waals surface area contributed by atoms with E-state index in [1.54, 1.807) is 0 Å². The number of aryl methyl sites for hydroxylation is 2. The Labute approximate surface area is 384 Å². The van der Waals surface area contributed by atoms with Gasteiger partial charge in [0.15, 0.2) is 0 Å². The SMILES string of the molecule is CCc1ccc(-n2c3ccc(-c4ccccc4)cc3c3cc(-c4cccc(-c5cccc(-c6ccc7c(c6)c6cc(-c8ccccc8)ccc6n7-c6ccc(CC)cc6)n5)n4)ccc32)cc1. The molecule has 4 aromatic heterocycles. The first-order chi connectivity index (χ1) is 32.6. The predicted molar refractivity (Wildman–Crippen MR) is 277 cm³/mol. The first-order valence-corrected chi connectivity index (χ1v) is 23.0. The molecule has 12 aromatic rings. The summed E-state index contributed by atoms with van der Waals surface area (Å²) in [5, 5.41) is 4.81. The van der Waals surface area contributed by atoms with Crippen LogP contribution in [-0.2, 0) is 12.8 Å². The molecule has 0 aliphatic rings. The van der Waals surface area contributed by atoms with Crippen molar-refractivity contribution in [2.75, 3.05) is 0 Å². The minimum atomic E-state index is 0.833. The van der Waals surface area contributed by atoms with Gasteiger partial charge in [0.1, 0.15) is 0 Å². The minimum absolute atomic E-state index is 0.833. The number of benzene rings is 8. The van der Waals surface area contributed by atoms with Gasteiger partial charge >= 0.3 is 0 Å². The van der Waals surface area contributed by atoms with Crippen LogP contribution in [0.15, 0.2) is 218 Å². The monoisotopic (exact) mass is 846 g/mol. The fourth-order valence-corrected chi connectivity index (χ4v) is 9.78. The van der Waals surface area contributed by atoms with Crippen LogP contribution in [0.3, 0.4) is 0 Å². The van der Waals surface area contributed by atoms with Crippen LogP contribution in [0.1, 0.15) is 25.0 Å². The Balaban J connectivity index is 0.944. The third-order valence-corrected chi connectivity index (χ3v) is 13.3. The van der Waals surface area contributed by atoms with Gasteiger partial charge in [0.2, 0.25) is 0 Å². The van der Waals surface area contributed by atoms with Gasteiger partial charge in [-0.05, 0) is 143 Å². The van der Waals surface area contributed by atoms with Gasteiger partial charge in [-0.25, -0.2) is 9.97 Å². The third-order valence-electron chi connectivity index (χ3n) is 13.3. The van der Waals surface area contributed by atoms with Crippen molar-refractivity contribution in [1.82, 2.24) is 19.1 Å². The van der Waals surface area contributed by atoms with Crippen molar-refractivity contribution in [2.24, 2.45) is 0 Å². The van der Waals surface area contributed by atoms with E-state index < -0.39 is 0 Å². The van der Waals surface area contributed by atoms with Crippen molar-refractivity contribution in [3.63, 3.8) is 0 Å². The second-order valence-electron chi connectivity index (χ2n) is 17.2. The Morgan fingerprint density at radius 2 is 0.621 bits per heavy atom. The maximum atomic E-state index is 5.29. The van der Waals surface area contributed by atoms with Crippen molar-refractivity contribution < 1.29 is 0 Å². The van der Waals surface area contributed by atoms with Crippen LogP contribution in [0.4, 0.5) is 0 Å². The molecule has 0 aliphatic heterocycles. The second kappa shape index (κ2) is 16.3. The first-order valence-electron chi connectivity index (χ1n) is 23.0. The second-order valence-corrected chi connectivity index (χ2v) is 17.2. The molecule has 8 aromatic carbocycles. The molecule has 0 N–H and O–H groups in total. The standard InChI is InChI=1S/C62H46N4/c1-3-41-21-29-49(30-22-41)65-59-33-25-45(43-13-7-5-8-14-43)37-51(59)53-39-47(27-35-61(53)65)55-17-11-19-57(63-55)58-20-12-18-56(64-58)48-28-36-62-54(40-48)52-38-46(44-15-9-6-10-16-44)26-34-60(52)66(62)50-31-23-42(4-2)24-32-50/h5-40H,3-4H2,1-2H3. The van der Waals surface area contributed by atoms with E-state index in [1.165, 1.54) is 77.0 Å². The predicted octanol–water partition coefficient (Wildman–Crippen LogP) is 16.1. The van der Waals surface area contributed by atoms with Crippen LogP contribution in [-0.4, -0.2) is 19.1 Å². The molecule has 0 fully saturated rings. The lowest BCUT2D eigenvalue weighted by Gasteiger charge is -2.10. The molecule has 0 bridgehead atoms. The fraction of sp³-hybridized carbons (Fsp3) is 0.0645. The van der Waals surface area contributed by atoms with Crippen molar-refractivity contribution in [3.05, 3.63) is 230 Å². The van der Waals surface area contributed by atoms with Crippen molar-refractivity contribution >= 4 is 43.6 Å². The summed E-state index contributed by atoms with van der Waals surface area (Å²) in [7, 11) is 0. The largest absolute Gasteiger partial charge is 0.309 e. The number of rotatable bonds is 9. The normalized spacial score (nSPS) is 11.6. The highest BCUT2D eigenvalue weighted by atomic mass is 15.0. The summed E-state index contributed by atoms with van der Waals surface area (Å²) in [5.74, 6) is 0. The van der Waals surface area contributed by atoms with Gasteiger partial charge in [-0.1, -0.05) is 135 Å². The molecule has 12 rings (SSSR count). The zero-order chi connectivity index (χ0) is 44.1. The minimum Gasteiger partial charge on any atom is -0.309 e. The lowest BCUT2D eigenvalue weighted by molar-refractivity contribution is 1.12. The molecular formula is C62H46N4. The molecule has 4 heteroatoms. The molecule has 0 atom stereocenters. The topological polar surface area (TPSA) is 35.6 Å². The van der Waals surface area contributed by atoms with Crippen LogP contribution >= 0.6 is 0 Å². The number of fused-ring (bicyclic) bond motifs is 6. The van der Waals surface area contributed by atoms with Gasteiger partial charge < -0.3 is 9.13 Å². The van der Waals surface area contributed by atoms with E-state index in [2.05, 4.69) is 241 Å². The quantitative estimate of drug-likeness (QED) is 0.145. The van der Waals surface area contributed by atoms with Crippen LogP contribution in [0, 0.1) is 0 Å². The summed E-state index contributed by atoms with van der Waals surface area (Å²) >= 11 is 0. The van der Waals surface area contributed by atoms with E-state index in [0.29, 0.717) is 0 Å². The van der Waals surface area contributed by atoms with Gasteiger partial charge in [0, 0.05) is 44.0 Å². The van der Waals surface area contributed by atoms with Crippen molar-refractivity contribution in [2.45, 2.75) is 26.7 Å². The molecule has 0 unspecified atom stereocenters. The van der Waals surface area contributed by atoms with Crippen LogP contribution in [0.25, 0.3) is 111 Å². The molecular weight excluding hydrogens is 801 g/mol. The molecule has 0 amide bonds. The Kier molecular flexibility index (Phi) is 9.72. The zero-order valence-electron chi connectivity index (χ0n) is 37.0. The Morgan fingerprint density at radius 1 is 0.288 bits per heavy atom. The summed E-state index contributed by atoms with van der Waals surface area (Å²) in [4.78, 5) is 10.6. The fourth-order valence-electron chi connectivity index (χ4n) is 9.78. The van der Waals surface area contributed by atoms with Gasteiger partial charge in [0.25, 0.3) is 0 Å². The lowest BCUT2D eigenvalue weighted by Crippen LogP contribution is -1.95. The molecule has 4 nitrogen and oxygen atoms in total. The number of nitrogens with zero attached hydrogens (tertiary/aromatic N) is 4. The van der Waals surface area contributed by atoms with Crippen LogP contribution < -0.4 is 0 Å². The lowest BCUT2D eigenvalue weighted by atomic mass is 10.0. The van der Waals surface area contributed by atoms with E-state index in [1.807, 2.05) is 0 Å². The maximum absolute atomic E-state index is 5.29. The van der Waals surface area contributed by atoms with E-state index >= 15 is 0 Å². The summed E-state index contributed by atoms with van der Waals surface area (Å²) < 4.78 is 4.78. The average Bonchev–Trinajstić information content (AvgIpc) is 3.90. The van der Waals surface area contributed by atoms with E-state index in [0.717, 1.165) is 58.1 Å². The number of pyridine rings is 2. The maximum Gasteiger partial charge on any atom is 0.0893 e. The third kappa shape index (κ3) is 6.86. The molecule has 66 heavy (non-hydrogen) atoms. The molecule has 0 spiro atoms. The summed E-state index contributed by atoms with van der Waals surface area (Å²) in [5.41, 5.74) is 20.1. The van der Waals surface area contributed by atoms with E-state index in [9.17, 15) is 0 Å². The Morgan fingerprint density at radius 3 is 0.985 bits per heavy atom. The number of hydrogen-bond acceptors (Lipinski definition) is 2. The highest BCUT2D eigenvalue weighted by Crippen LogP contribution is 2.39. The molecule has 0 saturated heterocycles. The number of aromatic nitrogens is 4. The summed E-state index contributed by atoms with van der Waals surface area (Å²) in [6.07, 6.45) is 2.02. The highest BCUT2D eigenvalue weighted by molar-refractivity contribution is 6.13. The smallest absolute Gasteiger partial charge is 0.0893 e. The van der Waals surface area contributed by atoms with Crippen molar-refractivity contribution in [3.8, 4) is 67.5 Å². The summed E-state index contributed by atoms with van der Waals surface area (Å²) in [6.45, 7) is 4.40. The van der Waals surface area contributed by atoms with Crippen LogP contribution in [0.2, 0.25) is 0 Å². The van der Waals surface area contributed by atoms with Gasteiger partial charge in [-0.2, -0.15) is 0 Å². The number of hydrogen-bond donors (Lipinski definition) is 0. The van der Waals surface area contributed by atoms with Gasteiger partial charge in [-0.3, -0.25) is 0 Å². The zero-order valence-corrected chi connectivity index (χ0v) is 37.0. The van der Waals surface area contributed by atoms with Crippen molar-refractivity contribution in [1.29, 1.82) is 0 Å². The Bertz CT molecular complexity index is 3500. The molecule has 314 valence electrons. The molecule has 0 radical (unpaired) electrons. The Hall–Kier alpha value is -8.34. The van der Waals surface area contributed by atoms with Gasteiger partial charge in [0.05, 0.1) is 44.8 Å². The summed E-state index contributed by atoms with van der Waals surface area (Å²) in [6, 6.07) is 79.0.